The van der Waals surface area contributed by atoms with E-state index in [1.807, 2.05) is 18.5 Å². The highest BCUT2D eigenvalue weighted by molar-refractivity contribution is 5.39. The molecule has 1 aliphatic rings. The predicted molar refractivity (Wildman–Crippen MR) is 75.8 cm³/mol. The number of nitrogens with one attached hydrogen (secondary N) is 2. The quantitative estimate of drug-likeness (QED) is 0.880. The Balaban J connectivity index is 1.66. The van der Waals surface area contributed by atoms with Crippen LogP contribution in [0.4, 0.5) is 5.82 Å². The number of nitrogens with zero attached hydrogens (tertiary/aromatic N) is 2. The second-order valence-electron chi connectivity index (χ2n) is 4.84. The van der Waals surface area contributed by atoms with Crippen molar-refractivity contribution in [3.63, 3.8) is 0 Å². The van der Waals surface area contributed by atoms with Crippen LogP contribution in [0.25, 0.3) is 0 Å². The van der Waals surface area contributed by atoms with Crippen LogP contribution in [0.1, 0.15) is 30.0 Å². The summed E-state index contributed by atoms with van der Waals surface area (Å²) in [6.07, 6.45) is 8.00. The molecule has 0 radical (unpaired) electrons. The van der Waals surface area contributed by atoms with Crippen LogP contribution < -0.4 is 10.6 Å². The van der Waals surface area contributed by atoms with Gasteiger partial charge in [0.1, 0.15) is 5.82 Å². The van der Waals surface area contributed by atoms with Crippen LogP contribution in [0, 0.1) is 0 Å². The number of hydrogen-bond donors (Lipinski definition) is 2. The van der Waals surface area contributed by atoms with Gasteiger partial charge in [0.2, 0.25) is 0 Å². The molecule has 1 atom stereocenters. The van der Waals surface area contributed by atoms with Crippen LogP contribution in [0.5, 0.6) is 0 Å². The minimum atomic E-state index is 0.488. The first-order chi connectivity index (χ1) is 9.42. The molecule has 4 nitrogen and oxygen atoms in total. The molecule has 0 bridgehead atoms. The summed E-state index contributed by atoms with van der Waals surface area (Å²) in [5.74, 6) is 0.926. The molecule has 1 unspecified atom stereocenters. The number of anilines is 1. The third kappa shape index (κ3) is 3.09. The van der Waals surface area contributed by atoms with Crippen molar-refractivity contribution in [1.29, 1.82) is 0 Å². The number of aromatic nitrogens is 2. The minimum Gasteiger partial charge on any atom is -0.366 e. The fraction of sp³-hybridized carbons (Fsp3) is 0.333. The van der Waals surface area contributed by atoms with Gasteiger partial charge in [0.15, 0.2) is 0 Å². The molecule has 2 N–H and O–H groups in total. The van der Waals surface area contributed by atoms with Crippen molar-refractivity contribution < 1.29 is 0 Å². The average molecular weight is 254 g/mol. The Bertz CT molecular complexity index is 521. The smallest absolute Gasteiger partial charge is 0.126 e. The molecule has 3 heterocycles. The Kier molecular flexibility index (Phi) is 3.70. The molecular formula is C15H18N4. The zero-order valence-electron chi connectivity index (χ0n) is 10.8. The molecule has 0 aromatic carbocycles. The first kappa shape index (κ1) is 12.1. The van der Waals surface area contributed by atoms with Gasteiger partial charge in [-0.05, 0) is 48.7 Å². The molecule has 0 aliphatic carbocycles. The summed E-state index contributed by atoms with van der Waals surface area (Å²) >= 11 is 0. The van der Waals surface area contributed by atoms with Crippen LogP contribution in [0.3, 0.4) is 0 Å². The van der Waals surface area contributed by atoms with Crippen LogP contribution >= 0.6 is 0 Å². The lowest BCUT2D eigenvalue weighted by atomic mass is 10.1. The van der Waals surface area contributed by atoms with Gasteiger partial charge in [-0.2, -0.15) is 0 Å². The maximum absolute atomic E-state index is 4.37. The summed E-state index contributed by atoms with van der Waals surface area (Å²) in [7, 11) is 0. The standard InChI is InChI=1S/C15H18N4/c1-3-12(10-16-6-1)11-19-15-9-13(5-8-18-15)14-4-2-7-17-14/h1,3,5-6,8-10,14,17H,2,4,7,11H2,(H,18,19). The molecule has 4 heteroatoms. The van der Waals surface area contributed by atoms with Gasteiger partial charge in [0, 0.05) is 31.2 Å². The predicted octanol–water partition coefficient (Wildman–Crippen LogP) is 2.51. The molecule has 0 amide bonds. The Hall–Kier alpha value is -1.94. The van der Waals surface area contributed by atoms with E-state index in [-0.39, 0.29) is 0 Å². The normalized spacial score (nSPS) is 18.4. The lowest BCUT2D eigenvalue weighted by molar-refractivity contribution is 0.647. The number of hydrogen-bond acceptors (Lipinski definition) is 4. The Labute approximate surface area is 113 Å². The van der Waals surface area contributed by atoms with Crippen molar-refractivity contribution in [2.24, 2.45) is 0 Å². The van der Waals surface area contributed by atoms with Crippen molar-refractivity contribution in [1.82, 2.24) is 15.3 Å². The first-order valence-corrected chi connectivity index (χ1v) is 6.74. The van der Waals surface area contributed by atoms with Gasteiger partial charge in [-0.25, -0.2) is 4.98 Å². The molecule has 2 aromatic heterocycles. The fourth-order valence-electron chi connectivity index (χ4n) is 2.42. The van der Waals surface area contributed by atoms with Crippen LogP contribution in [-0.2, 0) is 6.54 Å². The van der Waals surface area contributed by atoms with Crippen molar-refractivity contribution in [2.75, 3.05) is 11.9 Å². The largest absolute Gasteiger partial charge is 0.366 e. The molecule has 19 heavy (non-hydrogen) atoms. The van der Waals surface area contributed by atoms with Gasteiger partial charge in [-0.3, -0.25) is 4.98 Å². The highest BCUT2D eigenvalue weighted by Gasteiger charge is 2.16. The third-order valence-corrected chi connectivity index (χ3v) is 3.44. The zero-order valence-corrected chi connectivity index (χ0v) is 10.8. The van der Waals surface area contributed by atoms with E-state index in [2.05, 4.69) is 38.8 Å². The van der Waals surface area contributed by atoms with Gasteiger partial charge in [0.25, 0.3) is 0 Å². The van der Waals surface area contributed by atoms with Gasteiger partial charge < -0.3 is 10.6 Å². The number of pyridine rings is 2. The Morgan fingerprint density at radius 1 is 1.32 bits per heavy atom. The summed E-state index contributed by atoms with van der Waals surface area (Å²) in [6.45, 7) is 1.87. The summed E-state index contributed by atoms with van der Waals surface area (Å²) in [5, 5.41) is 6.85. The second kappa shape index (κ2) is 5.80. The summed E-state index contributed by atoms with van der Waals surface area (Å²) in [6, 6.07) is 8.73. The molecular weight excluding hydrogens is 236 g/mol. The maximum Gasteiger partial charge on any atom is 0.126 e. The Morgan fingerprint density at radius 3 is 3.11 bits per heavy atom. The van der Waals surface area contributed by atoms with Crippen LogP contribution in [0.2, 0.25) is 0 Å². The average Bonchev–Trinajstić information content (AvgIpc) is 3.01. The fourth-order valence-corrected chi connectivity index (χ4v) is 2.42. The van der Waals surface area contributed by atoms with E-state index < -0.39 is 0 Å². The van der Waals surface area contributed by atoms with Crippen molar-refractivity contribution >= 4 is 5.82 Å². The van der Waals surface area contributed by atoms with Crippen LogP contribution in [0.15, 0.2) is 42.9 Å². The highest BCUT2D eigenvalue weighted by Crippen LogP contribution is 2.24. The molecule has 0 spiro atoms. The number of rotatable bonds is 4. The van der Waals surface area contributed by atoms with Gasteiger partial charge >= 0.3 is 0 Å². The first-order valence-electron chi connectivity index (χ1n) is 6.74. The van der Waals surface area contributed by atoms with E-state index in [9.17, 15) is 0 Å². The highest BCUT2D eigenvalue weighted by atomic mass is 15.0. The van der Waals surface area contributed by atoms with Crippen molar-refractivity contribution in [2.45, 2.75) is 25.4 Å². The van der Waals surface area contributed by atoms with Crippen LogP contribution in [-0.4, -0.2) is 16.5 Å². The van der Waals surface area contributed by atoms with E-state index in [1.54, 1.807) is 6.20 Å². The van der Waals surface area contributed by atoms with Gasteiger partial charge in [0.05, 0.1) is 0 Å². The SMILES string of the molecule is c1cncc(CNc2cc(C3CCCN3)ccn2)c1. The summed E-state index contributed by atoms with van der Waals surface area (Å²) in [4.78, 5) is 8.47. The molecule has 1 fully saturated rings. The maximum atomic E-state index is 4.37. The third-order valence-electron chi connectivity index (χ3n) is 3.44. The van der Waals surface area contributed by atoms with E-state index in [0.29, 0.717) is 6.04 Å². The molecule has 3 rings (SSSR count). The van der Waals surface area contributed by atoms with Crippen molar-refractivity contribution in [3.8, 4) is 0 Å². The minimum absolute atomic E-state index is 0.488. The summed E-state index contributed by atoms with van der Waals surface area (Å²) < 4.78 is 0. The second-order valence-corrected chi connectivity index (χ2v) is 4.84. The topological polar surface area (TPSA) is 49.8 Å². The van der Waals surface area contributed by atoms with E-state index in [0.717, 1.165) is 24.5 Å². The van der Waals surface area contributed by atoms with Gasteiger partial charge in [-0.1, -0.05) is 6.07 Å². The lowest BCUT2D eigenvalue weighted by Gasteiger charge is -2.12. The molecule has 0 saturated carbocycles. The molecule has 1 aliphatic heterocycles. The molecule has 1 saturated heterocycles. The van der Waals surface area contributed by atoms with Crippen molar-refractivity contribution in [3.05, 3.63) is 54.0 Å². The Morgan fingerprint density at radius 2 is 2.32 bits per heavy atom. The lowest BCUT2D eigenvalue weighted by Crippen LogP contribution is -2.13. The van der Waals surface area contributed by atoms with E-state index in [4.69, 9.17) is 0 Å². The summed E-state index contributed by atoms with van der Waals surface area (Å²) in [5.41, 5.74) is 2.48. The molecule has 98 valence electrons. The monoisotopic (exact) mass is 254 g/mol. The molecule has 2 aromatic rings. The zero-order chi connectivity index (χ0) is 12.9. The van der Waals surface area contributed by atoms with E-state index >= 15 is 0 Å². The van der Waals surface area contributed by atoms with E-state index in [1.165, 1.54) is 18.4 Å². The van der Waals surface area contributed by atoms with Gasteiger partial charge in [-0.15, -0.1) is 0 Å².